The second kappa shape index (κ2) is 10.2. The van der Waals surface area contributed by atoms with E-state index >= 15 is 0 Å². The van der Waals surface area contributed by atoms with E-state index in [1.165, 1.54) is 23.8 Å². The number of hydrogen-bond donors (Lipinski definition) is 2. The highest BCUT2D eigenvalue weighted by Crippen LogP contribution is 2.33. The number of hydrogen-bond acceptors (Lipinski definition) is 5. The van der Waals surface area contributed by atoms with Crippen molar-refractivity contribution in [1.29, 1.82) is 0 Å². The molecule has 1 aromatic heterocycles. The first-order valence-electron chi connectivity index (χ1n) is 9.61. The van der Waals surface area contributed by atoms with Gasteiger partial charge < -0.3 is 15.4 Å². The SMILES string of the molecule is CC(=O)Nc1sc(C)c(C)c1C(=O)O[C@H](C)C(=O)N[C@H](C)CCc1ccccc1. The second-order valence-electron chi connectivity index (χ2n) is 7.15. The smallest absolute Gasteiger partial charge is 0.342 e. The van der Waals surface area contributed by atoms with E-state index in [-0.39, 0.29) is 17.9 Å². The van der Waals surface area contributed by atoms with Gasteiger partial charge in [-0.2, -0.15) is 0 Å². The molecule has 0 saturated carbocycles. The average molecular weight is 417 g/mol. The molecule has 0 radical (unpaired) electrons. The summed E-state index contributed by atoms with van der Waals surface area (Å²) in [6, 6.07) is 10.0. The van der Waals surface area contributed by atoms with E-state index in [1.807, 2.05) is 32.0 Å². The number of aryl methyl sites for hydroxylation is 2. The van der Waals surface area contributed by atoms with Crippen molar-refractivity contribution in [2.75, 3.05) is 5.32 Å². The number of carbonyl (C=O) groups excluding carboxylic acids is 3. The predicted molar refractivity (Wildman–Crippen MR) is 115 cm³/mol. The lowest BCUT2D eigenvalue weighted by molar-refractivity contribution is -0.129. The van der Waals surface area contributed by atoms with Crippen molar-refractivity contribution in [3.8, 4) is 0 Å². The Morgan fingerprint density at radius 1 is 1.10 bits per heavy atom. The molecule has 2 N–H and O–H groups in total. The molecule has 2 amide bonds. The van der Waals surface area contributed by atoms with Gasteiger partial charge in [0.1, 0.15) is 5.00 Å². The molecule has 1 heterocycles. The molecule has 0 unspecified atom stereocenters. The van der Waals surface area contributed by atoms with E-state index in [0.29, 0.717) is 10.6 Å². The third-order valence-corrected chi connectivity index (χ3v) is 5.75. The van der Waals surface area contributed by atoms with Crippen LogP contribution in [-0.2, 0) is 20.7 Å². The van der Waals surface area contributed by atoms with Crippen LogP contribution in [0.5, 0.6) is 0 Å². The molecule has 0 aliphatic carbocycles. The maximum Gasteiger partial charge on any atom is 0.342 e. The van der Waals surface area contributed by atoms with Crippen molar-refractivity contribution in [2.24, 2.45) is 0 Å². The van der Waals surface area contributed by atoms with Gasteiger partial charge in [0.2, 0.25) is 5.91 Å². The molecule has 1 aromatic carbocycles. The van der Waals surface area contributed by atoms with Gasteiger partial charge in [-0.15, -0.1) is 11.3 Å². The van der Waals surface area contributed by atoms with Gasteiger partial charge in [-0.05, 0) is 51.7 Å². The molecule has 0 fully saturated rings. The molecule has 0 aliphatic heterocycles. The summed E-state index contributed by atoms with van der Waals surface area (Å²) in [7, 11) is 0. The molecular formula is C22H28N2O4S. The third kappa shape index (κ3) is 6.42. The summed E-state index contributed by atoms with van der Waals surface area (Å²) in [5.74, 6) is -1.22. The molecule has 7 heteroatoms. The topological polar surface area (TPSA) is 84.5 Å². The van der Waals surface area contributed by atoms with Gasteiger partial charge in [0.15, 0.2) is 6.10 Å². The Labute approximate surface area is 175 Å². The van der Waals surface area contributed by atoms with Crippen molar-refractivity contribution in [1.82, 2.24) is 5.32 Å². The Morgan fingerprint density at radius 2 is 1.76 bits per heavy atom. The molecule has 0 aliphatic rings. The highest BCUT2D eigenvalue weighted by Gasteiger charge is 2.26. The van der Waals surface area contributed by atoms with Crippen LogP contribution < -0.4 is 10.6 Å². The minimum atomic E-state index is -0.938. The Balaban J connectivity index is 1.93. The molecule has 0 bridgehead atoms. The number of benzene rings is 1. The largest absolute Gasteiger partial charge is 0.449 e. The summed E-state index contributed by atoms with van der Waals surface area (Å²) in [6.45, 7) is 8.52. The van der Waals surface area contributed by atoms with Gasteiger partial charge in [0.05, 0.1) is 5.56 Å². The van der Waals surface area contributed by atoms with Crippen molar-refractivity contribution >= 4 is 34.1 Å². The molecule has 0 saturated heterocycles. The van der Waals surface area contributed by atoms with E-state index in [0.717, 1.165) is 23.3 Å². The second-order valence-corrected chi connectivity index (χ2v) is 8.37. The molecule has 2 atom stereocenters. The van der Waals surface area contributed by atoms with E-state index in [1.54, 1.807) is 13.8 Å². The lowest BCUT2D eigenvalue weighted by atomic mass is 10.1. The predicted octanol–water partition coefficient (Wildman–Crippen LogP) is 4.01. The summed E-state index contributed by atoms with van der Waals surface area (Å²) in [5.41, 5.74) is 2.26. The Hall–Kier alpha value is -2.67. The normalized spacial score (nSPS) is 12.7. The fraction of sp³-hybridized carbons (Fsp3) is 0.409. The maximum absolute atomic E-state index is 12.6. The van der Waals surface area contributed by atoms with E-state index in [2.05, 4.69) is 22.8 Å². The van der Waals surface area contributed by atoms with Crippen LogP contribution in [0.2, 0.25) is 0 Å². The van der Waals surface area contributed by atoms with Gasteiger partial charge in [0.25, 0.3) is 5.91 Å². The van der Waals surface area contributed by atoms with Crippen LogP contribution in [0.3, 0.4) is 0 Å². The number of nitrogens with one attached hydrogen (secondary N) is 2. The molecule has 2 rings (SSSR count). The standard InChI is InChI=1S/C22H28N2O4S/c1-13(11-12-18-9-7-6-8-10-18)23-20(26)15(3)28-22(27)19-14(2)16(4)29-21(19)24-17(5)25/h6-10,13,15H,11-12H2,1-5H3,(H,23,26)(H,24,25)/t13-,15-/m1/s1. The zero-order valence-electron chi connectivity index (χ0n) is 17.5. The molecular weight excluding hydrogens is 388 g/mol. The van der Waals surface area contributed by atoms with Crippen LogP contribution in [0.25, 0.3) is 0 Å². The van der Waals surface area contributed by atoms with Crippen LogP contribution in [0.4, 0.5) is 5.00 Å². The molecule has 6 nitrogen and oxygen atoms in total. The summed E-state index contributed by atoms with van der Waals surface area (Å²) in [5, 5.41) is 6.00. The number of carbonyl (C=O) groups is 3. The van der Waals surface area contributed by atoms with Crippen LogP contribution >= 0.6 is 11.3 Å². The van der Waals surface area contributed by atoms with Gasteiger partial charge >= 0.3 is 5.97 Å². The van der Waals surface area contributed by atoms with Crippen LogP contribution in [0.15, 0.2) is 30.3 Å². The van der Waals surface area contributed by atoms with E-state index < -0.39 is 12.1 Å². The molecule has 156 valence electrons. The number of amides is 2. The fourth-order valence-electron chi connectivity index (χ4n) is 2.85. The molecule has 2 aromatic rings. The Kier molecular flexibility index (Phi) is 7.96. The third-order valence-electron chi connectivity index (χ3n) is 4.63. The van der Waals surface area contributed by atoms with Crippen molar-refractivity contribution in [3.05, 3.63) is 51.9 Å². The number of thiophene rings is 1. The molecule has 29 heavy (non-hydrogen) atoms. The summed E-state index contributed by atoms with van der Waals surface area (Å²) in [4.78, 5) is 37.4. The number of esters is 1. The van der Waals surface area contributed by atoms with Crippen LogP contribution in [0, 0.1) is 13.8 Å². The van der Waals surface area contributed by atoms with Gasteiger partial charge in [-0.25, -0.2) is 4.79 Å². The highest BCUT2D eigenvalue weighted by atomic mass is 32.1. The van der Waals surface area contributed by atoms with E-state index in [4.69, 9.17) is 4.74 Å². The highest BCUT2D eigenvalue weighted by molar-refractivity contribution is 7.16. The van der Waals surface area contributed by atoms with E-state index in [9.17, 15) is 14.4 Å². The quantitative estimate of drug-likeness (QED) is 0.637. The average Bonchev–Trinajstić information content (AvgIpc) is 2.93. The van der Waals surface area contributed by atoms with Crippen molar-refractivity contribution in [3.63, 3.8) is 0 Å². The Morgan fingerprint density at radius 3 is 2.38 bits per heavy atom. The van der Waals surface area contributed by atoms with Crippen LogP contribution in [0.1, 0.15) is 53.6 Å². The van der Waals surface area contributed by atoms with Gasteiger partial charge in [0, 0.05) is 17.8 Å². The number of ether oxygens (including phenoxy) is 1. The summed E-state index contributed by atoms with van der Waals surface area (Å²) in [6.07, 6.45) is 0.696. The molecule has 0 spiro atoms. The first kappa shape index (κ1) is 22.6. The lowest BCUT2D eigenvalue weighted by Crippen LogP contribution is -2.41. The summed E-state index contributed by atoms with van der Waals surface area (Å²) >= 11 is 1.31. The van der Waals surface area contributed by atoms with Crippen molar-refractivity contribution in [2.45, 2.75) is 59.6 Å². The first-order valence-corrected chi connectivity index (χ1v) is 10.4. The first-order chi connectivity index (χ1) is 13.7. The monoisotopic (exact) mass is 416 g/mol. The zero-order chi connectivity index (χ0) is 21.6. The van der Waals surface area contributed by atoms with Gasteiger partial charge in [-0.1, -0.05) is 30.3 Å². The van der Waals surface area contributed by atoms with Gasteiger partial charge in [-0.3, -0.25) is 9.59 Å². The summed E-state index contributed by atoms with van der Waals surface area (Å²) < 4.78 is 5.38. The zero-order valence-corrected chi connectivity index (χ0v) is 18.3. The lowest BCUT2D eigenvalue weighted by Gasteiger charge is -2.18. The fourth-order valence-corrected chi connectivity index (χ4v) is 3.95. The number of anilines is 1. The Bertz CT molecular complexity index is 876. The van der Waals surface area contributed by atoms with Crippen molar-refractivity contribution < 1.29 is 19.1 Å². The minimum absolute atomic E-state index is 0.0519. The minimum Gasteiger partial charge on any atom is -0.449 e. The number of rotatable bonds is 8. The van der Waals surface area contributed by atoms with Crippen LogP contribution in [-0.4, -0.2) is 29.9 Å². The maximum atomic E-state index is 12.6.